The standard InChI is InChI=1S/C6H8BrClN2O2/c1-6(8,3-7)10-2-4(11)9-5(10)12/h2-3H2,1H3,(H,9,11,12). The SMILES string of the molecule is CC(Cl)(CBr)N1CC(=O)NC1=O. The third-order valence-corrected chi connectivity index (χ3v) is 3.35. The molecule has 1 unspecified atom stereocenters. The number of alkyl halides is 2. The van der Waals surface area contributed by atoms with Crippen molar-refractivity contribution in [1.29, 1.82) is 0 Å². The molecule has 1 atom stereocenters. The lowest BCUT2D eigenvalue weighted by atomic mass is 10.3. The van der Waals surface area contributed by atoms with Crippen LogP contribution in [0.5, 0.6) is 0 Å². The molecule has 0 aromatic heterocycles. The molecule has 12 heavy (non-hydrogen) atoms. The molecule has 1 saturated heterocycles. The molecule has 4 nitrogen and oxygen atoms in total. The second kappa shape index (κ2) is 3.22. The smallest absolute Gasteiger partial charge is 0.295 e. The van der Waals surface area contributed by atoms with Crippen molar-refractivity contribution in [2.45, 2.75) is 11.9 Å². The van der Waals surface area contributed by atoms with Crippen molar-refractivity contribution in [3.63, 3.8) is 0 Å². The molecule has 1 aliphatic heterocycles. The molecule has 0 aromatic rings. The van der Waals surface area contributed by atoms with Gasteiger partial charge in [0.2, 0.25) is 5.91 Å². The van der Waals surface area contributed by atoms with Crippen LogP contribution < -0.4 is 5.32 Å². The average Bonchev–Trinajstić information content (AvgIpc) is 2.31. The Morgan fingerprint density at radius 3 is 2.67 bits per heavy atom. The zero-order valence-corrected chi connectivity index (χ0v) is 8.78. The molecule has 3 amide bonds. The van der Waals surface area contributed by atoms with Crippen molar-refractivity contribution in [1.82, 2.24) is 10.2 Å². The van der Waals surface area contributed by atoms with Crippen molar-refractivity contribution in [2.75, 3.05) is 11.9 Å². The van der Waals surface area contributed by atoms with Crippen molar-refractivity contribution in [3.05, 3.63) is 0 Å². The molecule has 68 valence electrons. The van der Waals surface area contributed by atoms with Crippen molar-refractivity contribution < 1.29 is 9.59 Å². The molecular formula is C6H8BrClN2O2. The van der Waals surface area contributed by atoms with E-state index in [0.29, 0.717) is 5.33 Å². The van der Waals surface area contributed by atoms with E-state index in [4.69, 9.17) is 11.6 Å². The minimum atomic E-state index is -0.837. The van der Waals surface area contributed by atoms with Crippen molar-refractivity contribution in [3.8, 4) is 0 Å². The van der Waals surface area contributed by atoms with Crippen LogP contribution in [-0.4, -0.2) is 33.7 Å². The lowest BCUT2D eigenvalue weighted by molar-refractivity contribution is -0.118. The second-order valence-electron chi connectivity index (χ2n) is 2.72. The molecule has 0 aliphatic carbocycles. The highest BCUT2D eigenvalue weighted by molar-refractivity contribution is 9.09. The van der Waals surface area contributed by atoms with Gasteiger partial charge in [-0.25, -0.2) is 4.79 Å². The topological polar surface area (TPSA) is 49.4 Å². The average molecular weight is 255 g/mol. The molecule has 1 heterocycles. The molecule has 0 saturated carbocycles. The van der Waals surface area contributed by atoms with Gasteiger partial charge in [0.25, 0.3) is 0 Å². The predicted molar refractivity (Wildman–Crippen MR) is 48.3 cm³/mol. The number of nitrogens with zero attached hydrogens (tertiary/aromatic N) is 1. The third-order valence-electron chi connectivity index (χ3n) is 1.60. The molecule has 0 bridgehead atoms. The van der Waals surface area contributed by atoms with Gasteiger partial charge in [0.05, 0.1) is 0 Å². The molecule has 1 rings (SSSR count). The van der Waals surface area contributed by atoms with Gasteiger partial charge >= 0.3 is 6.03 Å². The van der Waals surface area contributed by atoms with Gasteiger partial charge in [-0.2, -0.15) is 0 Å². The minimum Gasteiger partial charge on any atom is -0.295 e. The molecular weight excluding hydrogens is 247 g/mol. The number of hydrogen-bond donors (Lipinski definition) is 1. The number of halogens is 2. The molecule has 1 N–H and O–H groups in total. The Bertz CT molecular complexity index is 232. The van der Waals surface area contributed by atoms with E-state index in [1.807, 2.05) is 0 Å². The van der Waals surface area contributed by atoms with Gasteiger partial charge in [0, 0.05) is 5.33 Å². The Morgan fingerprint density at radius 1 is 1.75 bits per heavy atom. The highest BCUT2D eigenvalue weighted by Crippen LogP contribution is 2.24. The number of urea groups is 1. The first kappa shape index (κ1) is 9.80. The lowest BCUT2D eigenvalue weighted by Gasteiger charge is -2.29. The van der Waals surface area contributed by atoms with E-state index >= 15 is 0 Å². The zero-order chi connectivity index (χ0) is 9.35. The van der Waals surface area contributed by atoms with E-state index < -0.39 is 11.0 Å². The Morgan fingerprint density at radius 2 is 2.33 bits per heavy atom. The first-order valence-electron chi connectivity index (χ1n) is 3.34. The van der Waals surface area contributed by atoms with Gasteiger partial charge in [-0.1, -0.05) is 27.5 Å². The maximum absolute atomic E-state index is 11.1. The Labute approximate surface area is 83.4 Å². The summed E-state index contributed by atoms with van der Waals surface area (Å²) in [6.45, 7) is 1.70. The number of nitrogens with one attached hydrogen (secondary N) is 1. The number of rotatable bonds is 2. The summed E-state index contributed by atoms with van der Waals surface area (Å²) in [5.74, 6) is -0.312. The Kier molecular flexibility index (Phi) is 2.63. The van der Waals surface area contributed by atoms with E-state index in [1.165, 1.54) is 4.90 Å². The number of hydrogen-bond acceptors (Lipinski definition) is 2. The van der Waals surface area contributed by atoms with Crippen LogP contribution in [0.15, 0.2) is 0 Å². The summed E-state index contributed by atoms with van der Waals surface area (Å²) in [6.07, 6.45) is 0. The van der Waals surface area contributed by atoms with Crippen LogP contribution in [0.3, 0.4) is 0 Å². The van der Waals surface area contributed by atoms with E-state index in [-0.39, 0.29) is 12.5 Å². The highest BCUT2D eigenvalue weighted by atomic mass is 79.9. The highest BCUT2D eigenvalue weighted by Gasteiger charge is 2.38. The van der Waals surface area contributed by atoms with Gasteiger partial charge in [-0.15, -0.1) is 0 Å². The Hall–Kier alpha value is -0.290. The van der Waals surface area contributed by atoms with Crippen LogP contribution >= 0.6 is 27.5 Å². The molecule has 6 heteroatoms. The normalized spacial score (nSPS) is 22.4. The van der Waals surface area contributed by atoms with Crippen LogP contribution in [0.25, 0.3) is 0 Å². The van der Waals surface area contributed by atoms with E-state index in [1.54, 1.807) is 6.92 Å². The number of carbonyl (C=O) groups excluding carboxylic acids is 2. The number of imide groups is 1. The summed E-state index contributed by atoms with van der Waals surface area (Å²) in [5, 5.41) is 2.57. The maximum Gasteiger partial charge on any atom is 0.326 e. The summed E-state index contributed by atoms with van der Waals surface area (Å²) in [7, 11) is 0. The summed E-state index contributed by atoms with van der Waals surface area (Å²) in [6, 6.07) is -0.433. The minimum absolute atomic E-state index is 0.0322. The summed E-state index contributed by atoms with van der Waals surface area (Å²) in [5.41, 5.74) is 0. The summed E-state index contributed by atoms with van der Waals surface area (Å²) >= 11 is 9.12. The van der Waals surface area contributed by atoms with Gasteiger partial charge in [0.15, 0.2) is 0 Å². The second-order valence-corrected chi connectivity index (χ2v) is 4.09. The number of carbonyl (C=O) groups is 2. The molecule has 1 fully saturated rings. The summed E-state index contributed by atoms with van der Waals surface area (Å²) in [4.78, 5) is 22.3. The van der Waals surface area contributed by atoms with Gasteiger partial charge in [0.1, 0.15) is 11.5 Å². The molecule has 1 aliphatic rings. The van der Waals surface area contributed by atoms with Crippen molar-refractivity contribution in [2.24, 2.45) is 0 Å². The van der Waals surface area contributed by atoms with Crippen LogP contribution in [0.1, 0.15) is 6.92 Å². The van der Waals surface area contributed by atoms with Crippen molar-refractivity contribution >= 4 is 39.5 Å². The largest absolute Gasteiger partial charge is 0.326 e. The fraction of sp³-hybridized carbons (Fsp3) is 0.667. The number of amides is 3. The van der Waals surface area contributed by atoms with Crippen LogP contribution in [-0.2, 0) is 4.79 Å². The van der Waals surface area contributed by atoms with E-state index in [0.717, 1.165) is 0 Å². The van der Waals surface area contributed by atoms with Crippen LogP contribution in [0, 0.1) is 0 Å². The van der Waals surface area contributed by atoms with E-state index in [2.05, 4.69) is 21.2 Å². The Balaban J connectivity index is 2.76. The van der Waals surface area contributed by atoms with Crippen LogP contribution in [0.4, 0.5) is 4.79 Å². The monoisotopic (exact) mass is 254 g/mol. The van der Waals surface area contributed by atoms with Gasteiger partial charge in [-0.3, -0.25) is 15.0 Å². The fourth-order valence-corrected chi connectivity index (χ4v) is 1.33. The fourth-order valence-electron chi connectivity index (χ4n) is 0.890. The van der Waals surface area contributed by atoms with Gasteiger partial charge < -0.3 is 0 Å². The lowest BCUT2D eigenvalue weighted by Crippen LogP contribution is -2.45. The quantitative estimate of drug-likeness (QED) is 0.452. The summed E-state index contributed by atoms with van der Waals surface area (Å²) < 4.78 is 0. The predicted octanol–water partition coefficient (Wildman–Crippen LogP) is 0.888. The molecule has 0 aromatic carbocycles. The van der Waals surface area contributed by atoms with E-state index in [9.17, 15) is 9.59 Å². The first-order valence-corrected chi connectivity index (χ1v) is 4.83. The molecule has 0 spiro atoms. The maximum atomic E-state index is 11.1. The van der Waals surface area contributed by atoms with Crippen LogP contribution in [0.2, 0.25) is 0 Å². The molecule has 0 radical (unpaired) electrons. The van der Waals surface area contributed by atoms with Gasteiger partial charge in [-0.05, 0) is 6.92 Å². The first-order chi connectivity index (χ1) is 5.47. The third kappa shape index (κ3) is 1.72. The zero-order valence-electron chi connectivity index (χ0n) is 6.43.